The summed E-state index contributed by atoms with van der Waals surface area (Å²) in [5.41, 5.74) is 1.50. The van der Waals surface area contributed by atoms with E-state index in [0.29, 0.717) is 5.75 Å². The Hall–Kier alpha value is -1.81. The van der Waals surface area contributed by atoms with E-state index in [1.54, 1.807) is 0 Å². The molecule has 0 aliphatic carbocycles. The maximum atomic E-state index is 5.57. The molecule has 84 valence electrons. The third-order valence-corrected chi connectivity index (χ3v) is 2.96. The Morgan fingerprint density at radius 1 is 1.00 bits per heavy atom. The van der Waals surface area contributed by atoms with E-state index in [2.05, 4.69) is 20.9 Å². The fourth-order valence-corrected chi connectivity index (χ4v) is 1.88. The van der Waals surface area contributed by atoms with Crippen molar-refractivity contribution in [2.75, 3.05) is 0 Å². The molecule has 0 aliphatic heterocycles. The Kier molecular flexibility index (Phi) is 2.57. The van der Waals surface area contributed by atoms with Crippen molar-refractivity contribution in [3.05, 3.63) is 53.0 Å². The molecule has 0 saturated heterocycles. The summed E-state index contributed by atoms with van der Waals surface area (Å²) in [7, 11) is 0. The van der Waals surface area contributed by atoms with Gasteiger partial charge >= 0.3 is 6.08 Å². The van der Waals surface area contributed by atoms with Crippen LogP contribution in [0, 0.1) is 0 Å². The summed E-state index contributed by atoms with van der Waals surface area (Å²) >= 11 is 3.40. The monoisotopic (exact) mass is 289 g/mol. The minimum absolute atomic E-state index is 0.248. The molecule has 0 amide bonds. The number of hydrogen-bond acceptors (Lipinski definition) is 3. The zero-order valence-corrected chi connectivity index (χ0v) is 10.3. The van der Waals surface area contributed by atoms with Crippen LogP contribution in [0.1, 0.15) is 0 Å². The first kappa shape index (κ1) is 10.4. The molecule has 17 heavy (non-hydrogen) atoms. The van der Waals surface area contributed by atoms with Crippen LogP contribution in [-0.2, 0) is 0 Å². The molecule has 0 spiro atoms. The Morgan fingerprint density at radius 3 is 2.59 bits per heavy atom. The maximum absolute atomic E-state index is 5.57. The van der Waals surface area contributed by atoms with Gasteiger partial charge in [0.05, 0.1) is 4.47 Å². The number of para-hydroxylation sites is 3. The first-order chi connectivity index (χ1) is 8.33. The second-order valence-electron chi connectivity index (χ2n) is 3.48. The zero-order chi connectivity index (χ0) is 11.7. The summed E-state index contributed by atoms with van der Waals surface area (Å²) in [5, 5.41) is 0. The van der Waals surface area contributed by atoms with Gasteiger partial charge in [-0.05, 0) is 40.2 Å². The van der Waals surface area contributed by atoms with Gasteiger partial charge in [0.2, 0.25) is 0 Å². The van der Waals surface area contributed by atoms with Crippen molar-refractivity contribution in [2.45, 2.75) is 0 Å². The fourth-order valence-electron chi connectivity index (χ4n) is 1.52. The van der Waals surface area contributed by atoms with Gasteiger partial charge in [-0.15, -0.1) is 0 Å². The topological polar surface area (TPSA) is 35.3 Å². The van der Waals surface area contributed by atoms with E-state index >= 15 is 0 Å². The van der Waals surface area contributed by atoms with Gasteiger partial charge in [0, 0.05) is 0 Å². The molecule has 4 heteroatoms. The van der Waals surface area contributed by atoms with Gasteiger partial charge in [-0.3, -0.25) is 0 Å². The van der Waals surface area contributed by atoms with Gasteiger partial charge in [0.15, 0.2) is 5.58 Å². The van der Waals surface area contributed by atoms with Crippen LogP contribution in [-0.4, -0.2) is 4.98 Å². The van der Waals surface area contributed by atoms with Crippen LogP contribution < -0.4 is 4.74 Å². The van der Waals surface area contributed by atoms with Crippen LogP contribution in [0.15, 0.2) is 57.4 Å². The molecule has 0 unspecified atom stereocenters. The number of ether oxygens (including phenoxy) is 1. The minimum atomic E-state index is 0.248. The molecule has 3 aromatic rings. The normalized spacial score (nSPS) is 10.6. The van der Waals surface area contributed by atoms with Crippen molar-refractivity contribution >= 4 is 27.0 Å². The number of halogens is 1. The first-order valence-corrected chi connectivity index (χ1v) is 5.90. The lowest BCUT2D eigenvalue weighted by Crippen LogP contribution is -1.84. The number of hydrogen-bond donors (Lipinski definition) is 0. The lowest BCUT2D eigenvalue weighted by atomic mass is 10.3. The molecule has 0 aliphatic rings. The van der Waals surface area contributed by atoms with E-state index in [1.807, 2.05) is 48.5 Å². The fraction of sp³-hybridized carbons (Fsp3) is 0. The average molecular weight is 290 g/mol. The van der Waals surface area contributed by atoms with E-state index in [9.17, 15) is 0 Å². The van der Waals surface area contributed by atoms with E-state index in [-0.39, 0.29) is 6.08 Å². The van der Waals surface area contributed by atoms with Crippen LogP contribution in [0.5, 0.6) is 11.8 Å². The summed E-state index contributed by atoms with van der Waals surface area (Å²) in [4.78, 5) is 4.24. The predicted molar refractivity (Wildman–Crippen MR) is 68.2 cm³/mol. The molecular formula is C13H8BrNO2. The van der Waals surface area contributed by atoms with Crippen LogP contribution in [0.25, 0.3) is 11.1 Å². The molecule has 1 aromatic heterocycles. The van der Waals surface area contributed by atoms with Crippen molar-refractivity contribution in [3.63, 3.8) is 0 Å². The Bertz CT molecular complexity index is 630. The highest BCUT2D eigenvalue weighted by atomic mass is 79.9. The lowest BCUT2D eigenvalue weighted by Gasteiger charge is -2.01. The number of oxazole rings is 1. The molecule has 3 nitrogen and oxygen atoms in total. The summed E-state index contributed by atoms with van der Waals surface area (Å²) in [5.74, 6) is 0.680. The molecule has 1 heterocycles. The van der Waals surface area contributed by atoms with Crippen molar-refractivity contribution in [1.82, 2.24) is 4.98 Å². The average Bonchev–Trinajstić information content (AvgIpc) is 2.74. The Labute approximate surface area is 106 Å². The molecule has 3 rings (SSSR count). The lowest BCUT2D eigenvalue weighted by molar-refractivity contribution is 0.341. The third kappa shape index (κ3) is 2.03. The molecule has 0 bridgehead atoms. The van der Waals surface area contributed by atoms with Gasteiger partial charge in [-0.1, -0.05) is 24.3 Å². The Morgan fingerprint density at radius 2 is 1.76 bits per heavy atom. The quantitative estimate of drug-likeness (QED) is 0.702. The summed E-state index contributed by atoms with van der Waals surface area (Å²) in [6.07, 6.45) is 0.248. The van der Waals surface area contributed by atoms with E-state index < -0.39 is 0 Å². The van der Waals surface area contributed by atoms with Crippen molar-refractivity contribution in [3.8, 4) is 11.8 Å². The highest BCUT2D eigenvalue weighted by molar-refractivity contribution is 9.10. The first-order valence-electron chi connectivity index (χ1n) is 5.11. The zero-order valence-electron chi connectivity index (χ0n) is 8.76. The minimum Gasteiger partial charge on any atom is -0.410 e. The van der Waals surface area contributed by atoms with Crippen LogP contribution in [0.2, 0.25) is 0 Å². The number of rotatable bonds is 2. The number of benzene rings is 2. The van der Waals surface area contributed by atoms with Gasteiger partial charge in [-0.2, -0.15) is 4.98 Å². The standard InChI is InChI=1S/C13H8BrNO2/c14-9-5-1-3-7-11(9)16-13-15-10-6-2-4-8-12(10)17-13/h1-8H. The molecule has 0 saturated carbocycles. The summed E-state index contributed by atoms with van der Waals surface area (Å²) in [6.45, 7) is 0. The van der Waals surface area contributed by atoms with Crippen LogP contribution in [0.4, 0.5) is 0 Å². The second kappa shape index (κ2) is 4.22. The largest absolute Gasteiger partial charge is 0.410 e. The maximum Gasteiger partial charge on any atom is 0.400 e. The highest BCUT2D eigenvalue weighted by Crippen LogP contribution is 2.30. The predicted octanol–water partition coefficient (Wildman–Crippen LogP) is 4.38. The SMILES string of the molecule is Brc1ccccc1Oc1nc2ccccc2o1. The van der Waals surface area contributed by atoms with Gasteiger partial charge in [-0.25, -0.2) is 0 Å². The number of aromatic nitrogens is 1. The van der Waals surface area contributed by atoms with Crippen molar-refractivity contribution in [2.24, 2.45) is 0 Å². The molecular weight excluding hydrogens is 282 g/mol. The van der Waals surface area contributed by atoms with Crippen LogP contribution in [0.3, 0.4) is 0 Å². The third-order valence-electron chi connectivity index (χ3n) is 2.31. The van der Waals surface area contributed by atoms with Crippen molar-refractivity contribution < 1.29 is 9.15 Å². The van der Waals surface area contributed by atoms with Gasteiger partial charge < -0.3 is 9.15 Å². The molecule has 2 aromatic carbocycles. The summed E-state index contributed by atoms with van der Waals surface area (Å²) < 4.78 is 11.9. The smallest absolute Gasteiger partial charge is 0.400 e. The van der Waals surface area contributed by atoms with Crippen LogP contribution >= 0.6 is 15.9 Å². The molecule has 0 fully saturated rings. The molecule has 0 atom stereocenters. The van der Waals surface area contributed by atoms with Gasteiger partial charge in [0.25, 0.3) is 0 Å². The number of nitrogens with zero attached hydrogens (tertiary/aromatic N) is 1. The second-order valence-corrected chi connectivity index (χ2v) is 4.33. The highest BCUT2D eigenvalue weighted by Gasteiger charge is 2.08. The van der Waals surface area contributed by atoms with E-state index in [0.717, 1.165) is 15.6 Å². The van der Waals surface area contributed by atoms with E-state index in [4.69, 9.17) is 9.15 Å². The molecule has 0 N–H and O–H groups in total. The van der Waals surface area contributed by atoms with E-state index in [1.165, 1.54) is 0 Å². The molecule has 0 radical (unpaired) electrons. The van der Waals surface area contributed by atoms with Gasteiger partial charge in [0.1, 0.15) is 11.3 Å². The summed E-state index contributed by atoms with van der Waals surface area (Å²) in [6, 6.07) is 15.1. The number of fused-ring (bicyclic) bond motifs is 1. The van der Waals surface area contributed by atoms with Crippen molar-refractivity contribution in [1.29, 1.82) is 0 Å². The Balaban J connectivity index is 1.98.